The van der Waals surface area contributed by atoms with E-state index in [0.29, 0.717) is 16.6 Å². The number of hydrogen-bond acceptors (Lipinski definition) is 3. The molecule has 0 spiro atoms. The van der Waals surface area contributed by atoms with Crippen LogP contribution in [0.5, 0.6) is 0 Å². The van der Waals surface area contributed by atoms with Crippen molar-refractivity contribution in [1.82, 2.24) is 10.2 Å². The topological polar surface area (TPSA) is 58.4 Å². The number of nitrogens with two attached hydrogens (primary N) is 1. The lowest BCUT2D eigenvalue weighted by Gasteiger charge is -2.34. The van der Waals surface area contributed by atoms with Gasteiger partial charge in [0.05, 0.1) is 0 Å². The number of primary amides is 1. The fourth-order valence-electron chi connectivity index (χ4n) is 2.87. The largest absolute Gasteiger partial charge is 0.366 e. The van der Waals surface area contributed by atoms with Crippen molar-refractivity contribution in [2.45, 2.75) is 38.8 Å². The van der Waals surface area contributed by atoms with Gasteiger partial charge in [-0.1, -0.05) is 24.6 Å². The van der Waals surface area contributed by atoms with Gasteiger partial charge in [0, 0.05) is 29.7 Å². The molecule has 1 heterocycles. The smallest absolute Gasteiger partial charge is 0.248 e. The zero-order valence-electron chi connectivity index (χ0n) is 12.6. The third kappa shape index (κ3) is 4.43. The van der Waals surface area contributed by atoms with E-state index in [-0.39, 0.29) is 0 Å². The first-order chi connectivity index (χ1) is 10.1. The summed E-state index contributed by atoms with van der Waals surface area (Å²) < 4.78 is 0. The summed E-state index contributed by atoms with van der Waals surface area (Å²) in [6.07, 6.45) is 3.57. The van der Waals surface area contributed by atoms with Crippen LogP contribution in [0.25, 0.3) is 0 Å². The Hall–Kier alpha value is -1.10. The van der Waals surface area contributed by atoms with E-state index in [4.69, 9.17) is 17.3 Å². The summed E-state index contributed by atoms with van der Waals surface area (Å²) in [6.45, 7) is 6.22. The highest BCUT2D eigenvalue weighted by atomic mass is 35.5. The van der Waals surface area contributed by atoms with E-state index < -0.39 is 5.91 Å². The summed E-state index contributed by atoms with van der Waals surface area (Å²) in [4.78, 5) is 13.7. The lowest BCUT2D eigenvalue weighted by Crippen LogP contribution is -2.45. The number of nitrogens with zero attached hydrogens (tertiary/aromatic N) is 1. The first kappa shape index (κ1) is 16.3. The van der Waals surface area contributed by atoms with Gasteiger partial charge < -0.3 is 11.1 Å². The molecule has 2 rings (SSSR count). The Kier molecular flexibility index (Phi) is 6.03. The Morgan fingerprint density at radius 3 is 2.90 bits per heavy atom. The van der Waals surface area contributed by atoms with Gasteiger partial charge in [-0.15, -0.1) is 0 Å². The Balaban J connectivity index is 2.10. The van der Waals surface area contributed by atoms with Gasteiger partial charge in [-0.3, -0.25) is 9.69 Å². The molecule has 1 aromatic carbocycles. The van der Waals surface area contributed by atoms with Crippen LogP contribution < -0.4 is 11.1 Å². The summed E-state index contributed by atoms with van der Waals surface area (Å²) in [5, 5.41) is 4.08. The van der Waals surface area contributed by atoms with Crippen LogP contribution in [-0.4, -0.2) is 36.5 Å². The van der Waals surface area contributed by atoms with Gasteiger partial charge >= 0.3 is 0 Å². The molecule has 1 aliphatic heterocycles. The monoisotopic (exact) mass is 309 g/mol. The summed E-state index contributed by atoms with van der Waals surface area (Å²) in [5.74, 6) is -0.439. The molecular weight excluding hydrogens is 286 g/mol. The summed E-state index contributed by atoms with van der Waals surface area (Å²) >= 11 is 6.31. The average molecular weight is 310 g/mol. The van der Waals surface area contributed by atoms with Crippen molar-refractivity contribution in [1.29, 1.82) is 0 Å². The number of carbonyl (C=O) groups excluding carboxylic acids is 1. The predicted octanol–water partition coefficient (Wildman–Crippen LogP) is 2.40. The van der Waals surface area contributed by atoms with Crippen LogP contribution in [0.3, 0.4) is 0 Å². The van der Waals surface area contributed by atoms with E-state index in [0.717, 1.165) is 38.2 Å². The molecule has 3 N–H and O–H groups in total. The minimum Gasteiger partial charge on any atom is -0.366 e. The SMILES string of the molecule is CCCN(Cc1ccc(C(N)=O)cc1Cl)C1CCCNC1. The van der Waals surface area contributed by atoms with Crippen molar-refractivity contribution in [3.63, 3.8) is 0 Å². The maximum absolute atomic E-state index is 11.2. The molecule has 1 saturated heterocycles. The van der Waals surface area contributed by atoms with E-state index in [2.05, 4.69) is 17.1 Å². The number of hydrogen-bond donors (Lipinski definition) is 2. The van der Waals surface area contributed by atoms with Crippen LogP contribution in [0.1, 0.15) is 42.1 Å². The molecule has 5 heteroatoms. The third-order valence-corrected chi connectivity index (χ3v) is 4.36. The van der Waals surface area contributed by atoms with Gasteiger partial charge in [-0.05, 0) is 50.0 Å². The highest BCUT2D eigenvalue weighted by Gasteiger charge is 2.21. The quantitative estimate of drug-likeness (QED) is 0.848. The van der Waals surface area contributed by atoms with Crippen molar-refractivity contribution >= 4 is 17.5 Å². The van der Waals surface area contributed by atoms with Gasteiger partial charge in [0.1, 0.15) is 0 Å². The van der Waals surface area contributed by atoms with E-state index >= 15 is 0 Å². The molecule has 1 fully saturated rings. The molecule has 1 unspecified atom stereocenters. The van der Waals surface area contributed by atoms with Crippen LogP contribution in [0.4, 0.5) is 0 Å². The lowest BCUT2D eigenvalue weighted by molar-refractivity contribution is 0.1000. The number of nitrogens with one attached hydrogen (secondary N) is 1. The van der Waals surface area contributed by atoms with Crippen molar-refractivity contribution < 1.29 is 4.79 Å². The van der Waals surface area contributed by atoms with E-state index in [1.165, 1.54) is 12.8 Å². The predicted molar refractivity (Wildman–Crippen MR) is 86.6 cm³/mol. The van der Waals surface area contributed by atoms with Crippen LogP contribution in [0.2, 0.25) is 5.02 Å². The van der Waals surface area contributed by atoms with Crippen molar-refractivity contribution in [3.8, 4) is 0 Å². The molecule has 1 aliphatic rings. The fraction of sp³-hybridized carbons (Fsp3) is 0.562. The van der Waals surface area contributed by atoms with Crippen LogP contribution in [0.15, 0.2) is 18.2 Å². The zero-order chi connectivity index (χ0) is 15.2. The van der Waals surface area contributed by atoms with E-state index in [9.17, 15) is 4.79 Å². The van der Waals surface area contributed by atoms with Gasteiger partial charge in [0.15, 0.2) is 0 Å². The number of rotatable bonds is 6. The number of amides is 1. The van der Waals surface area contributed by atoms with E-state index in [1.807, 2.05) is 6.07 Å². The highest BCUT2D eigenvalue weighted by Crippen LogP contribution is 2.22. The maximum atomic E-state index is 11.2. The van der Waals surface area contributed by atoms with Crippen molar-refractivity contribution in [2.24, 2.45) is 5.73 Å². The van der Waals surface area contributed by atoms with Gasteiger partial charge in [0.2, 0.25) is 5.91 Å². The number of halogens is 1. The van der Waals surface area contributed by atoms with Crippen molar-refractivity contribution in [2.75, 3.05) is 19.6 Å². The van der Waals surface area contributed by atoms with Crippen LogP contribution in [-0.2, 0) is 6.54 Å². The third-order valence-electron chi connectivity index (χ3n) is 4.01. The zero-order valence-corrected chi connectivity index (χ0v) is 13.3. The molecule has 4 nitrogen and oxygen atoms in total. The lowest BCUT2D eigenvalue weighted by atomic mass is 10.0. The summed E-state index contributed by atoms with van der Waals surface area (Å²) in [5.41, 5.74) is 6.80. The summed E-state index contributed by atoms with van der Waals surface area (Å²) in [6, 6.07) is 5.90. The second-order valence-corrected chi connectivity index (χ2v) is 6.05. The molecule has 1 aromatic rings. The summed E-state index contributed by atoms with van der Waals surface area (Å²) in [7, 11) is 0. The molecule has 0 aromatic heterocycles. The first-order valence-electron chi connectivity index (χ1n) is 7.64. The molecule has 1 atom stereocenters. The molecule has 1 amide bonds. The van der Waals surface area contributed by atoms with Gasteiger partial charge in [-0.2, -0.15) is 0 Å². The number of piperidine rings is 1. The van der Waals surface area contributed by atoms with Crippen LogP contribution >= 0.6 is 11.6 Å². The first-order valence-corrected chi connectivity index (χ1v) is 8.02. The normalized spacial score (nSPS) is 18.9. The Labute approximate surface area is 131 Å². The minimum absolute atomic E-state index is 0.439. The van der Waals surface area contributed by atoms with E-state index in [1.54, 1.807) is 12.1 Å². The number of carbonyl (C=O) groups is 1. The van der Waals surface area contributed by atoms with Gasteiger partial charge in [0.25, 0.3) is 0 Å². The highest BCUT2D eigenvalue weighted by molar-refractivity contribution is 6.31. The van der Waals surface area contributed by atoms with Crippen LogP contribution in [0, 0.1) is 0 Å². The second-order valence-electron chi connectivity index (χ2n) is 5.64. The molecule has 116 valence electrons. The molecule has 0 saturated carbocycles. The molecule has 0 aliphatic carbocycles. The molecular formula is C16H24ClN3O. The average Bonchev–Trinajstić information content (AvgIpc) is 2.49. The molecule has 21 heavy (non-hydrogen) atoms. The van der Waals surface area contributed by atoms with Gasteiger partial charge in [-0.25, -0.2) is 0 Å². The molecule has 0 radical (unpaired) electrons. The molecule has 0 bridgehead atoms. The Morgan fingerprint density at radius 2 is 2.33 bits per heavy atom. The fourth-order valence-corrected chi connectivity index (χ4v) is 3.11. The Morgan fingerprint density at radius 1 is 1.52 bits per heavy atom. The minimum atomic E-state index is -0.439. The van der Waals surface area contributed by atoms with Crippen molar-refractivity contribution in [3.05, 3.63) is 34.3 Å². The standard InChI is InChI=1S/C16H24ClN3O/c1-2-8-20(14-4-3-7-19-10-14)11-13-6-5-12(16(18)21)9-15(13)17/h5-6,9,14,19H,2-4,7-8,10-11H2,1H3,(H2,18,21). The maximum Gasteiger partial charge on any atom is 0.248 e. The number of benzene rings is 1. The second kappa shape index (κ2) is 7.78. The Bertz CT molecular complexity index is 486.